The molecule has 1 aliphatic rings. The van der Waals surface area contributed by atoms with E-state index < -0.39 is 21.9 Å². The summed E-state index contributed by atoms with van der Waals surface area (Å²) in [6.45, 7) is 4.03. The maximum absolute atomic E-state index is 11.7. The van der Waals surface area contributed by atoms with E-state index in [2.05, 4.69) is 0 Å². The van der Waals surface area contributed by atoms with E-state index in [0.29, 0.717) is 13.0 Å². The highest BCUT2D eigenvalue weighted by atomic mass is 32.2. The molecule has 1 fully saturated rings. The molecule has 0 aromatic rings. The van der Waals surface area contributed by atoms with Crippen LogP contribution in [0.15, 0.2) is 0 Å². The van der Waals surface area contributed by atoms with E-state index in [4.69, 9.17) is 5.11 Å². The lowest BCUT2D eigenvalue weighted by molar-refractivity contribution is -0.142. The molecule has 1 rings (SSSR count). The summed E-state index contributed by atoms with van der Waals surface area (Å²) in [5.74, 6) is -1.46. The Kier molecular flexibility index (Phi) is 3.72. The maximum atomic E-state index is 11.7. The van der Waals surface area contributed by atoms with E-state index >= 15 is 0 Å². The van der Waals surface area contributed by atoms with Crippen molar-refractivity contribution in [3.8, 4) is 0 Å². The summed E-state index contributed by atoms with van der Waals surface area (Å²) in [4.78, 5) is 10.8. The standard InChI is InChI=1S/C9H17NO4S/c1-3-4-15(13,14)10-5-7(2)8(6-10)9(11)12/h7-8H,3-6H2,1-2H3,(H,11,12)/t7-,8-/m1/s1. The Morgan fingerprint density at radius 1 is 1.47 bits per heavy atom. The maximum Gasteiger partial charge on any atom is 0.308 e. The Labute approximate surface area is 90.1 Å². The van der Waals surface area contributed by atoms with Crippen LogP contribution in [0.3, 0.4) is 0 Å². The monoisotopic (exact) mass is 235 g/mol. The summed E-state index contributed by atoms with van der Waals surface area (Å²) in [5, 5.41) is 8.88. The van der Waals surface area contributed by atoms with Gasteiger partial charge >= 0.3 is 5.97 Å². The zero-order valence-electron chi connectivity index (χ0n) is 9.01. The summed E-state index contributed by atoms with van der Waals surface area (Å²) in [6, 6.07) is 0. The smallest absolute Gasteiger partial charge is 0.308 e. The molecule has 1 aliphatic heterocycles. The van der Waals surface area contributed by atoms with Crippen LogP contribution < -0.4 is 0 Å². The molecule has 0 amide bonds. The molecule has 0 bridgehead atoms. The second kappa shape index (κ2) is 4.49. The molecule has 5 nitrogen and oxygen atoms in total. The van der Waals surface area contributed by atoms with Gasteiger partial charge in [0, 0.05) is 13.1 Å². The number of carbonyl (C=O) groups is 1. The van der Waals surface area contributed by atoms with Crippen LogP contribution in [0.2, 0.25) is 0 Å². The van der Waals surface area contributed by atoms with E-state index in [9.17, 15) is 13.2 Å². The normalized spacial score (nSPS) is 28.1. The molecule has 1 N–H and O–H groups in total. The number of hydrogen-bond donors (Lipinski definition) is 1. The third-order valence-corrected chi connectivity index (χ3v) is 4.76. The van der Waals surface area contributed by atoms with Crippen LogP contribution in [0.25, 0.3) is 0 Å². The zero-order valence-corrected chi connectivity index (χ0v) is 9.83. The lowest BCUT2D eigenvalue weighted by Crippen LogP contribution is -2.31. The van der Waals surface area contributed by atoms with Crippen molar-refractivity contribution in [2.45, 2.75) is 20.3 Å². The summed E-state index contributed by atoms with van der Waals surface area (Å²) in [7, 11) is -3.24. The average Bonchev–Trinajstić information content (AvgIpc) is 2.47. The van der Waals surface area contributed by atoms with Gasteiger partial charge in [-0.1, -0.05) is 13.8 Å². The average molecular weight is 235 g/mol. The minimum absolute atomic E-state index is 0.103. The largest absolute Gasteiger partial charge is 0.481 e. The number of carboxylic acid groups (broad SMARTS) is 1. The van der Waals surface area contributed by atoms with Gasteiger partial charge in [-0.15, -0.1) is 0 Å². The van der Waals surface area contributed by atoms with Gasteiger partial charge < -0.3 is 5.11 Å². The van der Waals surface area contributed by atoms with Gasteiger partial charge in [-0.3, -0.25) is 4.79 Å². The van der Waals surface area contributed by atoms with Crippen molar-refractivity contribution in [2.24, 2.45) is 11.8 Å². The van der Waals surface area contributed by atoms with Gasteiger partial charge in [0.25, 0.3) is 0 Å². The summed E-state index contributed by atoms with van der Waals surface area (Å²) >= 11 is 0. The highest BCUT2D eigenvalue weighted by molar-refractivity contribution is 7.89. The number of sulfonamides is 1. The second-order valence-electron chi connectivity index (χ2n) is 4.06. The van der Waals surface area contributed by atoms with Gasteiger partial charge in [-0.05, 0) is 12.3 Å². The fourth-order valence-corrected chi connectivity index (χ4v) is 3.48. The topological polar surface area (TPSA) is 74.7 Å². The minimum Gasteiger partial charge on any atom is -0.481 e. The van der Waals surface area contributed by atoms with Crippen LogP contribution in [0, 0.1) is 11.8 Å². The summed E-state index contributed by atoms with van der Waals surface area (Å²) < 4.78 is 24.7. The minimum atomic E-state index is -3.24. The van der Waals surface area contributed by atoms with Crippen LogP contribution in [0.4, 0.5) is 0 Å². The third-order valence-electron chi connectivity index (χ3n) is 2.75. The van der Waals surface area contributed by atoms with Crippen molar-refractivity contribution in [1.29, 1.82) is 0 Å². The first-order valence-electron chi connectivity index (χ1n) is 5.09. The van der Waals surface area contributed by atoms with Crippen molar-refractivity contribution in [1.82, 2.24) is 4.31 Å². The molecule has 0 radical (unpaired) electrons. The number of nitrogens with zero attached hydrogens (tertiary/aromatic N) is 1. The van der Waals surface area contributed by atoms with E-state index in [0.717, 1.165) is 0 Å². The quantitative estimate of drug-likeness (QED) is 0.764. The van der Waals surface area contributed by atoms with E-state index in [1.54, 1.807) is 13.8 Å². The first kappa shape index (κ1) is 12.4. The van der Waals surface area contributed by atoms with Gasteiger partial charge in [-0.25, -0.2) is 12.7 Å². The predicted octanol–water partition coefficient (Wildman–Crippen LogP) is 0.379. The number of rotatable bonds is 4. The van der Waals surface area contributed by atoms with Crippen LogP contribution in [-0.2, 0) is 14.8 Å². The second-order valence-corrected chi connectivity index (χ2v) is 6.14. The summed E-state index contributed by atoms with van der Waals surface area (Å²) in [5.41, 5.74) is 0. The number of aliphatic carboxylic acids is 1. The Bertz CT molecular complexity index is 338. The van der Waals surface area contributed by atoms with Crippen LogP contribution in [-0.4, -0.2) is 42.6 Å². The molecular weight excluding hydrogens is 218 g/mol. The Morgan fingerprint density at radius 2 is 2.07 bits per heavy atom. The molecule has 0 spiro atoms. The van der Waals surface area contributed by atoms with E-state index in [1.165, 1.54) is 4.31 Å². The van der Waals surface area contributed by atoms with Crippen molar-refractivity contribution in [3.05, 3.63) is 0 Å². The Hall–Kier alpha value is -0.620. The lowest BCUT2D eigenvalue weighted by Gasteiger charge is -2.14. The highest BCUT2D eigenvalue weighted by Crippen LogP contribution is 2.25. The first-order valence-corrected chi connectivity index (χ1v) is 6.70. The molecule has 0 unspecified atom stereocenters. The first-order chi connectivity index (χ1) is 6.88. The van der Waals surface area contributed by atoms with Crippen LogP contribution in [0.5, 0.6) is 0 Å². The molecule has 1 saturated heterocycles. The number of carboxylic acids is 1. The van der Waals surface area contributed by atoms with Crippen molar-refractivity contribution in [3.63, 3.8) is 0 Å². The van der Waals surface area contributed by atoms with Crippen LogP contribution >= 0.6 is 0 Å². The molecule has 0 aliphatic carbocycles. The Balaban J connectivity index is 2.74. The van der Waals surface area contributed by atoms with E-state index in [-0.39, 0.29) is 18.2 Å². The lowest BCUT2D eigenvalue weighted by atomic mass is 9.99. The number of hydrogen-bond acceptors (Lipinski definition) is 3. The molecule has 15 heavy (non-hydrogen) atoms. The zero-order chi connectivity index (χ0) is 11.6. The van der Waals surface area contributed by atoms with Crippen molar-refractivity contribution in [2.75, 3.05) is 18.8 Å². The third kappa shape index (κ3) is 2.69. The highest BCUT2D eigenvalue weighted by Gasteiger charge is 2.39. The van der Waals surface area contributed by atoms with Gasteiger partial charge in [0.1, 0.15) is 0 Å². The van der Waals surface area contributed by atoms with Crippen molar-refractivity contribution < 1.29 is 18.3 Å². The molecule has 0 saturated carbocycles. The molecular formula is C9H17NO4S. The predicted molar refractivity (Wildman–Crippen MR) is 55.9 cm³/mol. The molecule has 2 atom stereocenters. The molecule has 88 valence electrons. The fourth-order valence-electron chi connectivity index (χ4n) is 1.86. The van der Waals surface area contributed by atoms with Gasteiger partial charge in [0.15, 0.2) is 0 Å². The molecule has 0 aromatic heterocycles. The Morgan fingerprint density at radius 3 is 2.47 bits per heavy atom. The van der Waals surface area contributed by atoms with Gasteiger partial charge in [-0.2, -0.15) is 0 Å². The van der Waals surface area contributed by atoms with E-state index in [1.807, 2.05) is 0 Å². The van der Waals surface area contributed by atoms with Crippen LogP contribution in [0.1, 0.15) is 20.3 Å². The molecule has 0 aromatic carbocycles. The SMILES string of the molecule is CCCS(=O)(=O)N1C[C@@H](C)[C@H](C(=O)O)C1. The fraction of sp³-hybridized carbons (Fsp3) is 0.889. The molecule has 1 heterocycles. The summed E-state index contributed by atoms with van der Waals surface area (Å²) in [6.07, 6.45) is 0.560. The molecule has 6 heteroatoms. The van der Waals surface area contributed by atoms with Gasteiger partial charge in [0.05, 0.1) is 11.7 Å². The van der Waals surface area contributed by atoms with Crippen molar-refractivity contribution >= 4 is 16.0 Å². The van der Waals surface area contributed by atoms with Gasteiger partial charge in [0.2, 0.25) is 10.0 Å².